The average molecular weight is 300 g/mol. The summed E-state index contributed by atoms with van der Waals surface area (Å²) in [6.45, 7) is 0. The molecule has 0 aliphatic carbocycles. The summed E-state index contributed by atoms with van der Waals surface area (Å²) in [5, 5.41) is 0.223. The van der Waals surface area contributed by atoms with E-state index in [1.165, 1.54) is 36.5 Å². The Labute approximate surface area is 114 Å². The fourth-order valence-electron chi connectivity index (χ4n) is 1.60. The van der Waals surface area contributed by atoms with E-state index < -0.39 is 15.9 Å². The van der Waals surface area contributed by atoms with Crippen LogP contribution in [0.3, 0.4) is 0 Å². The van der Waals surface area contributed by atoms with Crippen molar-refractivity contribution in [1.82, 2.24) is 3.97 Å². The number of nitrogen functional groups attached to an aromatic ring is 1. The summed E-state index contributed by atoms with van der Waals surface area (Å²) < 4.78 is 25.6. The lowest BCUT2D eigenvalue weighted by Gasteiger charge is -2.11. The van der Waals surface area contributed by atoms with Crippen LogP contribution >= 0.6 is 11.6 Å². The Kier molecular flexibility index (Phi) is 3.25. The molecule has 0 spiro atoms. The predicted octanol–water partition coefficient (Wildman–Crippen LogP) is 1.06. The van der Waals surface area contributed by atoms with Crippen LogP contribution in [-0.4, -0.2) is 18.3 Å². The number of hydrogen-bond donors (Lipinski definition) is 2. The highest BCUT2D eigenvalue weighted by molar-refractivity contribution is 7.90. The number of anilines is 1. The van der Waals surface area contributed by atoms with Gasteiger partial charge in [0.05, 0.1) is 5.69 Å². The smallest absolute Gasteiger partial charge is 0.270 e. The molecule has 1 amide bonds. The second-order valence-corrected chi connectivity index (χ2v) is 5.96. The van der Waals surface area contributed by atoms with Crippen molar-refractivity contribution < 1.29 is 13.2 Å². The van der Waals surface area contributed by atoms with Gasteiger partial charge in [0.2, 0.25) is 0 Å². The minimum atomic E-state index is -4.02. The molecule has 4 N–H and O–H groups in total. The van der Waals surface area contributed by atoms with Crippen molar-refractivity contribution in [3.63, 3.8) is 0 Å². The number of halogens is 1. The second kappa shape index (κ2) is 4.60. The molecule has 1 heterocycles. The number of primary amides is 1. The summed E-state index contributed by atoms with van der Waals surface area (Å²) in [5.74, 6) is -0.853. The number of rotatable bonds is 3. The van der Waals surface area contributed by atoms with Gasteiger partial charge >= 0.3 is 0 Å². The van der Waals surface area contributed by atoms with Crippen LogP contribution < -0.4 is 11.5 Å². The molecule has 0 aliphatic rings. The van der Waals surface area contributed by atoms with Gasteiger partial charge in [0.25, 0.3) is 15.9 Å². The zero-order valence-electron chi connectivity index (χ0n) is 9.58. The second-order valence-electron chi connectivity index (χ2n) is 3.74. The molecule has 0 bridgehead atoms. The molecule has 100 valence electrons. The number of nitrogens with zero attached hydrogens (tertiary/aromatic N) is 1. The molecule has 0 fully saturated rings. The van der Waals surface area contributed by atoms with Gasteiger partial charge in [0.1, 0.15) is 10.6 Å². The van der Waals surface area contributed by atoms with Gasteiger partial charge in [-0.3, -0.25) is 4.79 Å². The zero-order chi connectivity index (χ0) is 14.2. The molecular weight excluding hydrogens is 290 g/mol. The highest BCUT2D eigenvalue weighted by Gasteiger charge is 2.23. The molecule has 0 unspecified atom stereocenters. The van der Waals surface area contributed by atoms with Gasteiger partial charge in [-0.1, -0.05) is 11.6 Å². The van der Waals surface area contributed by atoms with Crippen molar-refractivity contribution >= 4 is 33.2 Å². The summed E-state index contributed by atoms with van der Waals surface area (Å²) >= 11 is 5.77. The van der Waals surface area contributed by atoms with Crippen molar-refractivity contribution in [2.24, 2.45) is 5.73 Å². The number of hydrogen-bond acceptors (Lipinski definition) is 4. The Bertz CT molecular complexity index is 752. The molecule has 0 saturated heterocycles. The normalized spacial score (nSPS) is 11.4. The maximum absolute atomic E-state index is 12.4. The van der Waals surface area contributed by atoms with Gasteiger partial charge in [0.15, 0.2) is 0 Å². The van der Waals surface area contributed by atoms with Crippen molar-refractivity contribution in [3.05, 3.63) is 47.2 Å². The van der Waals surface area contributed by atoms with E-state index in [0.29, 0.717) is 0 Å². The van der Waals surface area contributed by atoms with E-state index in [2.05, 4.69) is 0 Å². The third kappa shape index (κ3) is 2.29. The number of benzene rings is 1. The topological polar surface area (TPSA) is 108 Å². The van der Waals surface area contributed by atoms with Crippen LogP contribution in [0.4, 0.5) is 5.69 Å². The molecule has 6 nitrogen and oxygen atoms in total. The van der Waals surface area contributed by atoms with Gasteiger partial charge in [-0.05, 0) is 30.3 Å². The Balaban J connectivity index is 2.69. The van der Waals surface area contributed by atoms with Crippen LogP contribution in [0, 0.1) is 0 Å². The molecule has 1 aromatic carbocycles. The third-order valence-electron chi connectivity index (χ3n) is 2.48. The largest absolute Gasteiger partial charge is 0.398 e. The third-order valence-corrected chi connectivity index (χ3v) is 4.46. The molecule has 0 saturated carbocycles. The molecule has 0 atom stereocenters. The Hall–Kier alpha value is -1.99. The lowest BCUT2D eigenvalue weighted by atomic mass is 10.3. The maximum Gasteiger partial charge on any atom is 0.270 e. The van der Waals surface area contributed by atoms with Gasteiger partial charge in [0, 0.05) is 11.2 Å². The highest BCUT2D eigenvalue weighted by atomic mass is 35.5. The van der Waals surface area contributed by atoms with Crippen LogP contribution in [0.1, 0.15) is 10.5 Å². The first-order valence-corrected chi connectivity index (χ1v) is 6.93. The summed E-state index contributed by atoms with van der Waals surface area (Å²) in [6.07, 6.45) is 1.22. The van der Waals surface area contributed by atoms with E-state index in [1.54, 1.807) is 0 Å². The fraction of sp³-hybridized carbons (Fsp3) is 0. The molecule has 0 radical (unpaired) electrons. The summed E-state index contributed by atoms with van der Waals surface area (Å²) in [6, 6.07) is 6.78. The van der Waals surface area contributed by atoms with E-state index in [9.17, 15) is 13.2 Å². The molecule has 1 aromatic heterocycles. The van der Waals surface area contributed by atoms with E-state index in [1.807, 2.05) is 0 Å². The van der Waals surface area contributed by atoms with Crippen LogP contribution in [0.5, 0.6) is 0 Å². The number of carbonyl (C=O) groups is 1. The van der Waals surface area contributed by atoms with E-state index in [-0.39, 0.29) is 21.3 Å². The standard InChI is InChI=1S/C11H10ClN3O3S/c12-7-3-4-8(13)10(6-7)19(17,18)15-5-1-2-9(15)11(14)16/h1-6H,13H2,(H2,14,16). The van der Waals surface area contributed by atoms with Gasteiger partial charge < -0.3 is 11.5 Å². The number of aromatic nitrogens is 1. The molecule has 2 aromatic rings. The predicted molar refractivity (Wildman–Crippen MR) is 71.4 cm³/mol. The lowest BCUT2D eigenvalue weighted by Crippen LogP contribution is -2.22. The van der Waals surface area contributed by atoms with Crippen molar-refractivity contribution in [1.29, 1.82) is 0 Å². The van der Waals surface area contributed by atoms with E-state index in [0.717, 1.165) is 3.97 Å². The van der Waals surface area contributed by atoms with E-state index >= 15 is 0 Å². The van der Waals surface area contributed by atoms with Crippen LogP contribution in [0.25, 0.3) is 0 Å². The minimum Gasteiger partial charge on any atom is -0.398 e. The van der Waals surface area contributed by atoms with Crippen LogP contribution in [0.2, 0.25) is 5.02 Å². The van der Waals surface area contributed by atoms with Crippen LogP contribution in [0.15, 0.2) is 41.4 Å². The lowest BCUT2D eigenvalue weighted by molar-refractivity contribution is 0.0994. The Morgan fingerprint density at radius 2 is 1.95 bits per heavy atom. The highest BCUT2D eigenvalue weighted by Crippen LogP contribution is 2.25. The summed E-state index contributed by atoms with van der Waals surface area (Å²) in [7, 11) is -4.02. The molecular formula is C11H10ClN3O3S. The number of nitrogens with two attached hydrogens (primary N) is 2. The van der Waals surface area contributed by atoms with E-state index in [4.69, 9.17) is 23.1 Å². The zero-order valence-corrected chi connectivity index (χ0v) is 11.1. The Morgan fingerprint density at radius 1 is 1.26 bits per heavy atom. The molecule has 2 rings (SSSR count). The van der Waals surface area contributed by atoms with Gasteiger partial charge in [-0.25, -0.2) is 12.4 Å². The fourth-order valence-corrected chi connectivity index (χ4v) is 3.33. The molecule has 19 heavy (non-hydrogen) atoms. The molecule has 8 heteroatoms. The monoisotopic (exact) mass is 299 g/mol. The maximum atomic E-state index is 12.4. The van der Waals surface area contributed by atoms with Crippen molar-refractivity contribution in [2.75, 3.05) is 5.73 Å². The van der Waals surface area contributed by atoms with Crippen molar-refractivity contribution in [3.8, 4) is 0 Å². The number of carbonyl (C=O) groups excluding carboxylic acids is 1. The minimum absolute atomic E-state index is 0.0357. The molecule has 0 aliphatic heterocycles. The average Bonchev–Trinajstić information content (AvgIpc) is 2.82. The first-order chi connectivity index (χ1) is 8.84. The number of amides is 1. The Morgan fingerprint density at radius 3 is 2.58 bits per heavy atom. The quantitative estimate of drug-likeness (QED) is 0.826. The SMILES string of the molecule is NC(=O)c1cccn1S(=O)(=O)c1cc(Cl)ccc1N. The van der Waals surface area contributed by atoms with Crippen molar-refractivity contribution in [2.45, 2.75) is 4.90 Å². The van der Waals surface area contributed by atoms with Crippen LogP contribution in [-0.2, 0) is 10.0 Å². The van der Waals surface area contributed by atoms with Gasteiger partial charge in [-0.2, -0.15) is 0 Å². The first-order valence-electron chi connectivity index (χ1n) is 5.12. The first kappa shape index (κ1) is 13.4. The van der Waals surface area contributed by atoms with Gasteiger partial charge in [-0.15, -0.1) is 0 Å². The summed E-state index contributed by atoms with van der Waals surface area (Å²) in [4.78, 5) is 11.0. The summed E-state index contributed by atoms with van der Waals surface area (Å²) in [5.41, 5.74) is 10.6.